The fraction of sp³-hybridized carbons (Fsp3) is 0.0833. The molecule has 4 aromatic rings. The lowest BCUT2D eigenvalue weighted by atomic mass is 10.0. The second kappa shape index (κ2) is 7.83. The average molecular weight is 387 g/mol. The van der Waals surface area contributed by atoms with Crippen LogP contribution >= 0.6 is 11.6 Å². The van der Waals surface area contributed by atoms with Crippen LogP contribution in [0.4, 0.5) is 0 Å². The van der Waals surface area contributed by atoms with E-state index in [1.54, 1.807) is 0 Å². The van der Waals surface area contributed by atoms with E-state index in [0.29, 0.717) is 10.6 Å². The number of rotatable bonds is 4. The van der Waals surface area contributed by atoms with E-state index in [-0.39, 0.29) is 11.9 Å². The Kier molecular flexibility index (Phi) is 5.09. The number of nitrogens with zero attached hydrogens (tertiary/aromatic N) is 1. The molecule has 1 atom stereocenters. The summed E-state index contributed by atoms with van der Waals surface area (Å²) in [5, 5.41) is 4.60. The Morgan fingerprint density at radius 1 is 0.929 bits per heavy atom. The van der Waals surface area contributed by atoms with Crippen molar-refractivity contribution in [3.8, 4) is 11.3 Å². The van der Waals surface area contributed by atoms with Crippen LogP contribution in [0.1, 0.15) is 28.9 Å². The van der Waals surface area contributed by atoms with Crippen LogP contribution in [-0.2, 0) is 0 Å². The minimum absolute atomic E-state index is 0.0976. The lowest BCUT2D eigenvalue weighted by Gasteiger charge is -2.16. The van der Waals surface area contributed by atoms with Crippen LogP contribution in [0.3, 0.4) is 0 Å². The summed E-state index contributed by atoms with van der Waals surface area (Å²) >= 11 is 6.01. The SMILES string of the molecule is C[C@@H](NC(=O)c1cc(-c2ccc(Cl)cc2)nc2ccccc12)c1ccccc1. The Labute approximate surface area is 169 Å². The third kappa shape index (κ3) is 3.75. The molecule has 1 heterocycles. The van der Waals surface area contributed by atoms with Crippen molar-refractivity contribution in [1.29, 1.82) is 0 Å². The van der Waals surface area contributed by atoms with Gasteiger partial charge < -0.3 is 5.32 Å². The van der Waals surface area contributed by atoms with Crippen LogP contribution in [0.5, 0.6) is 0 Å². The van der Waals surface area contributed by atoms with Crippen LogP contribution in [0.25, 0.3) is 22.2 Å². The van der Waals surface area contributed by atoms with Gasteiger partial charge in [-0.25, -0.2) is 4.98 Å². The summed E-state index contributed by atoms with van der Waals surface area (Å²) in [7, 11) is 0. The smallest absolute Gasteiger partial charge is 0.252 e. The maximum atomic E-state index is 13.1. The molecule has 1 amide bonds. The van der Waals surface area contributed by atoms with Gasteiger partial charge >= 0.3 is 0 Å². The van der Waals surface area contributed by atoms with E-state index in [1.807, 2.05) is 91.9 Å². The summed E-state index contributed by atoms with van der Waals surface area (Å²) in [6.07, 6.45) is 0. The molecular weight excluding hydrogens is 368 g/mol. The molecule has 4 heteroatoms. The summed E-state index contributed by atoms with van der Waals surface area (Å²) in [5.41, 5.74) is 4.12. The summed E-state index contributed by atoms with van der Waals surface area (Å²) in [6, 6.07) is 26.8. The van der Waals surface area contributed by atoms with Gasteiger partial charge in [-0.3, -0.25) is 4.79 Å². The first-order valence-corrected chi connectivity index (χ1v) is 9.51. The quantitative estimate of drug-likeness (QED) is 0.464. The topological polar surface area (TPSA) is 42.0 Å². The van der Waals surface area contributed by atoms with Crippen molar-refractivity contribution in [2.75, 3.05) is 0 Å². The van der Waals surface area contributed by atoms with Gasteiger partial charge in [0.2, 0.25) is 0 Å². The van der Waals surface area contributed by atoms with Crippen LogP contribution in [0, 0.1) is 0 Å². The number of fused-ring (bicyclic) bond motifs is 1. The molecule has 28 heavy (non-hydrogen) atoms. The first-order chi connectivity index (χ1) is 13.6. The molecule has 0 saturated carbocycles. The van der Waals surface area contributed by atoms with Crippen molar-refractivity contribution in [1.82, 2.24) is 10.3 Å². The van der Waals surface area contributed by atoms with Crippen LogP contribution in [-0.4, -0.2) is 10.9 Å². The summed E-state index contributed by atoms with van der Waals surface area (Å²) in [6.45, 7) is 1.98. The highest BCUT2D eigenvalue weighted by Crippen LogP contribution is 2.26. The minimum Gasteiger partial charge on any atom is -0.345 e. The first kappa shape index (κ1) is 18.2. The fourth-order valence-corrected chi connectivity index (χ4v) is 3.36. The molecule has 3 aromatic carbocycles. The predicted molar refractivity (Wildman–Crippen MR) is 115 cm³/mol. The van der Waals surface area contributed by atoms with Gasteiger partial charge in [-0.05, 0) is 36.8 Å². The Bertz CT molecular complexity index is 1120. The number of pyridine rings is 1. The Hall–Kier alpha value is -3.17. The molecule has 0 bridgehead atoms. The van der Waals surface area contributed by atoms with E-state index in [2.05, 4.69) is 5.32 Å². The van der Waals surface area contributed by atoms with Gasteiger partial charge in [-0.2, -0.15) is 0 Å². The number of para-hydroxylation sites is 1. The van der Waals surface area contributed by atoms with E-state index in [0.717, 1.165) is 27.7 Å². The lowest BCUT2D eigenvalue weighted by Crippen LogP contribution is -2.27. The van der Waals surface area contributed by atoms with Crippen LogP contribution < -0.4 is 5.32 Å². The fourth-order valence-electron chi connectivity index (χ4n) is 3.23. The number of hydrogen-bond donors (Lipinski definition) is 1. The largest absolute Gasteiger partial charge is 0.345 e. The number of halogens is 1. The molecule has 0 aliphatic heterocycles. The molecule has 1 N–H and O–H groups in total. The number of aromatic nitrogens is 1. The highest BCUT2D eigenvalue weighted by molar-refractivity contribution is 6.30. The molecule has 1 aromatic heterocycles. The van der Waals surface area contributed by atoms with Gasteiger partial charge in [-0.15, -0.1) is 0 Å². The Balaban J connectivity index is 1.74. The van der Waals surface area contributed by atoms with E-state index in [1.165, 1.54) is 0 Å². The van der Waals surface area contributed by atoms with Gasteiger partial charge in [0.25, 0.3) is 5.91 Å². The predicted octanol–water partition coefficient (Wildman–Crippen LogP) is 6.05. The van der Waals surface area contributed by atoms with E-state index in [4.69, 9.17) is 16.6 Å². The maximum absolute atomic E-state index is 13.1. The van der Waals surface area contributed by atoms with Crippen molar-refractivity contribution in [2.24, 2.45) is 0 Å². The van der Waals surface area contributed by atoms with Gasteiger partial charge in [-0.1, -0.05) is 72.3 Å². The number of nitrogens with one attached hydrogen (secondary N) is 1. The average Bonchev–Trinajstić information content (AvgIpc) is 2.74. The molecule has 0 unspecified atom stereocenters. The number of benzene rings is 3. The van der Waals surface area contributed by atoms with E-state index < -0.39 is 0 Å². The van der Waals surface area contributed by atoms with Crippen molar-refractivity contribution < 1.29 is 4.79 Å². The highest BCUT2D eigenvalue weighted by atomic mass is 35.5. The van der Waals surface area contributed by atoms with Crippen molar-refractivity contribution in [3.63, 3.8) is 0 Å². The zero-order valence-corrected chi connectivity index (χ0v) is 16.1. The monoisotopic (exact) mass is 386 g/mol. The van der Waals surface area contributed by atoms with Gasteiger partial charge in [0.05, 0.1) is 22.8 Å². The molecule has 0 aliphatic carbocycles. The van der Waals surface area contributed by atoms with Gasteiger partial charge in [0.1, 0.15) is 0 Å². The molecule has 138 valence electrons. The molecule has 0 saturated heterocycles. The van der Waals surface area contributed by atoms with Crippen molar-refractivity contribution in [2.45, 2.75) is 13.0 Å². The minimum atomic E-state index is -0.120. The third-order valence-corrected chi connectivity index (χ3v) is 5.00. The second-order valence-corrected chi connectivity index (χ2v) is 7.12. The number of amides is 1. The zero-order valence-electron chi connectivity index (χ0n) is 15.4. The number of carbonyl (C=O) groups is 1. The highest BCUT2D eigenvalue weighted by Gasteiger charge is 2.16. The van der Waals surface area contributed by atoms with Crippen LogP contribution in [0.15, 0.2) is 84.9 Å². The van der Waals surface area contributed by atoms with E-state index in [9.17, 15) is 4.79 Å². The zero-order chi connectivity index (χ0) is 19.5. The maximum Gasteiger partial charge on any atom is 0.252 e. The molecule has 0 spiro atoms. The molecular formula is C24H19ClN2O. The summed E-state index contributed by atoms with van der Waals surface area (Å²) in [5.74, 6) is -0.120. The van der Waals surface area contributed by atoms with Gasteiger partial charge in [0, 0.05) is 16.0 Å². The lowest BCUT2D eigenvalue weighted by molar-refractivity contribution is 0.0941. The first-order valence-electron chi connectivity index (χ1n) is 9.13. The number of carbonyl (C=O) groups excluding carboxylic acids is 1. The van der Waals surface area contributed by atoms with Crippen molar-refractivity contribution in [3.05, 3.63) is 101 Å². The Morgan fingerprint density at radius 3 is 2.36 bits per heavy atom. The molecule has 0 fully saturated rings. The Morgan fingerprint density at radius 2 is 1.61 bits per heavy atom. The van der Waals surface area contributed by atoms with Crippen molar-refractivity contribution >= 4 is 28.4 Å². The molecule has 0 radical (unpaired) electrons. The van der Waals surface area contributed by atoms with E-state index >= 15 is 0 Å². The molecule has 3 nitrogen and oxygen atoms in total. The normalized spacial score (nSPS) is 11.9. The summed E-state index contributed by atoms with van der Waals surface area (Å²) in [4.78, 5) is 17.9. The standard InChI is InChI=1S/C24H19ClN2O/c1-16(17-7-3-2-4-8-17)26-24(28)21-15-23(18-11-13-19(25)14-12-18)27-22-10-6-5-9-20(21)22/h2-16H,1H3,(H,26,28)/t16-/m1/s1. The summed E-state index contributed by atoms with van der Waals surface area (Å²) < 4.78 is 0. The second-order valence-electron chi connectivity index (χ2n) is 6.68. The molecule has 4 rings (SSSR count). The van der Waals surface area contributed by atoms with Crippen LogP contribution in [0.2, 0.25) is 5.02 Å². The molecule has 0 aliphatic rings. The van der Waals surface area contributed by atoms with Gasteiger partial charge in [0.15, 0.2) is 0 Å². The number of hydrogen-bond acceptors (Lipinski definition) is 2. The third-order valence-electron chi connectivity index (χ3n) is 4.75.